The monoisotopic (exact) mass is 396 g/mol. The summed E-state index contributed by atoms with van der Waals surface area (Å²) < 4.78 is 43.2. The zero-order valence-electron chi connectivity index (χ0n) is 16.9. The molecule has 1 fully saturated rings. The van der Waals surface area contributed by atoms with Crippen LogP contribution in [0.25, 0.3) is 0 Å². The maximum atomic E-state index is 5.87. The second-order valence-corrected chi connectivity index (χ2v) is 6.07. The second kappa shape index (κ2) is 19.0. The SMILES string of the molecule is COCCOCCOCC(OCCOCCOC)OCC[NH+]1CCOCC1. The van der Waals surface area contributed by atoms with E-state index in [1.54, 1.807) is 14.2 Å². The summed E-state index contributed by atoms with van der Waals surface area (Å²) in [6.45, 7) is 9.87. The van der Waals surface area contributed by atoms with Crippen molar-refractivity contribution in [3.8, 4) is 0 Å². The van der Waals surface area contributed by atoms with Crippen LogP contribution >= 0.6 is 0 Å². The topological polar surface area (TPSA) is 78.3 Å². The number of quaternary nitrogens is 1. The molecule has 1 aliphatic rings. The van der Waals surface area contributed by atoms with Crippen LogP contribution < -0.4 is 4.90 Å². The summed E-state index contributed by atoms with van der Waals surface area (Å²) in [7, 11) is 3.30. The Labute approximate surface area is 163 Å². The Morgan fingerprint density at radius 3 is 1.93 bits per heavy atom. The van der Waals surface area contributed by atoms with Gasteiger partial charge in [0.15, 0.2) is 6.29 Å². The molecule has 0 saturated carbocycles. The molecule has 0 aromatic carbocycles. The molecule has 0 aliphatic carbocycles. The van der Waals surface area contributed by atoms with E-state index >= 15 is 0 Å². The van der Waals surface area contributed by atoms with Crippen molar-refractivity contribution in [2.24, 2.45) is 0 Å². The Kier molecular flexibility index (Phi) is 17.3. The van der Waals surface area contributed by atoms with E-state index in [4.69, 9.17) is 37.9 Å². The van der Waals surface area contributed by atoms with Gasteiger partial charge in [-0.25, -0.2) is 0 Å². The van der Waals surface area contributed by atoms with E-state index < -0.39 is 6.29 Å². The molecule has 1 aliphatic heterocycles. The molecule has 1 rings (SSSR count). The van der Waals surface area contributed by atoms with Gasteiger partial charge < -0.3 is 42.8 Å². The van der Waals surface area contributed by atoms with Gasteiger partial charge >= 0.3 is 0 Å². The minimum absolute atomic E-state index is 0.365. The van der Waals surface area contributed by atoms with Crippen LogP contribution in [0.2, 0.25) is 0 Å². The highest BCUT2D eigenvalue weighted by Gasteiger charge is 2.15. The molecular weight excluding hydrogens is 358 g/mol. The van der Waals surface area contributed by atoms with Crippen molar-refractivity contribution < 1.29 is 42.8 Å². The van der Waals surface area contributed by atoms with Gasteiger partial charge in [0.25, 0.3) is 0 Å². The first-order valence-electron chi connectivity index (χ1n) is 9.72. The smallest absolute Gasteiger partial charge is 0.181 e. The van der Waals surface area contributed by atoms with E-state index in [0.29, 0.717) is 66.1 Å². The summed E-state index contributed by atoms with van der Waals surface area (Å²) in [6.07, 6.45) is -0.407. The Bertz CT molecular complexity index is 305. The Hall–Kier alpha value is -0.360. The molecule has 0 amide bonds. The zero-order valence-corrected chi connectivity index (χ0v) is 16.9. The van der Waals surface area contributed by atoms with E-state index in [0.717, 1.165) is 32.8 Å². The van der Waals surface area contributed by atoms with E-state index in [9.17, 15) is 0 Å². The van der Waals surface area contributed by atoms with Crippen LogP contribution in [0.4, 0.5) is 0 Å². The summed E-state index contributed by atoms with van der Waals surface area (Å²) >= 11 is 0. The fourth-order valence-corrected chi connectivity index (χ4v) is 2.41. The first-order valence-corrected chi connectivity index (χ1v) is 9.72. The highest BCUT2D eigenvalue weighted by molar-refractivity contribution is 4.46. The van der Waals surface area contributed by atoms with Crippen molar-refractivity contribution in [3.63, 3.8) is 0 Å². The van der Waals surface area contributed by atoms with Crippen LogP contribution in [0.15, 0.2) is 0 Å². The third-order valence-electron chi connectivity index (χ3n) is 3.98. The van der Waals surface area contributed by atoms with Crippen LogP contribution in [-0.2, 0) is 37.9 Å². The van der Waals surface area contributed by atoms with Gasteiger partial charge in [-0.2, -0.15) is 0 Å². The second-order valence-electron chi connectivity index (χ2n) is 6.07. The van der Waals surface area contributed by atoms with E-state index in [-0.39, 0.29) is 0 Å². The zero-order chi connectivity index (χ0) is 19.4. The molecule has 9 nitrogen and oxygen atoms in total. The fraction of sp³-hybridized carbons (Fsp3) is 1.00. The maximum Gasteiger partial charge on any atom is 0.181 e. The number of methoxy groups -OCH3 is 2. The molecule has 9 heteroatoms. The molecule has 162 valence electrons. The standard InChI is InChI=1S/C18H37NO8/c1-20-9-11-23-13-14-25-17-18(27-16-15-24-12-10-21-2)26-8-5-19-3-6-22-7-4-19/h18H,3-17H2,1-2H3/p+1. The molecular formula is C18H38NO8+. The van der Waals surface area contributed by atoms with Crippen LogP contribution in [0, 0.1) is 0 Å². The van der Waals surface area contributed by atoms with Gasteiger partial charge in [-0.05, 0) is 0 Å². The lowest BCUT2D eigenvalue weighted by Crippen LogP contribution is -3.14. The molecule has 1 saturated heterocycles. The quantitative estimate of drug-likeness (QED) is 0.211. The lowest BCUT2D eigenvalue weighted by molar-refractivity contribution is -0.908. The minimum Gasteiger partial charge on any atom is -0.382 e. The number of ether oxygens (including phenoxy) is 8. The fourth-order valence-electron chi connectivity index (χ4n) is 2.41. The lowest BCUT2D eigenvalue weighted by Gasteiger charge is -2.25. The van der Waals surface area contributed by atoms with Crippen molar-refractivity contribution in [3.05, 3.63) is 0 Å². The Morgan fingerprint density at radius 2 is 1.26 bits per heavy atom. The number of hydrogen-bond donors (Lipinski definition) is 1. The summed E-state index contributed by atoms with van der Waals surface area (Å²) in [5.41, 5.74) is 0. The number of nitrogens with one attached hydrogen (secondary N) is 1. The summed E-state index contributed by atoms with van der Waals surface area (Å²) in [5.74, 6) is 0. The third kappa shape index (κ3) is 15.3. The van der Waals surface area contributed by atoms with Crippen LogP contribution in [-0.4, -0.2) is 119 Å². The highest BCUT2D eigenvalue weighted by Crippen LogP contribution is 1.97. The lowest BCUT2D eigenvalue weighted by atomic mass is 10.4. The molecule has 1 N–H and O–H groups in total. The van der Waals surface area contributed by atoms with Gasteiger partial charge in [-0.15, -0.1) is 0 Å². The van der Waals surface area contributed by atoms with Gasteiger partial charge in [-0.3, -0.25) is 0 Å². The molecule has 1 unspecified atom stereocenters. The van der Waals surface area contributed by atoms with Gasteiger partial charge in [0, 0.05) is 14.2 Å². The largest absolute Gasteiger partial charge is 0.382 e. The highest BCUT2D eigenvalue weighted by atomic mass is 16.7. The molecule has 27 heavy (non-hydrogen) atoms. The Morgan fingerprint density at radius 1 is 0.704 bits per heavy atom. The molecule has 1 atom stereocenters. The van der Waals surface area contributed by atoms with Crippen molar-refractivity contribution in [2.45, 2.75) is 6.29 Å². The van der Waals surface area contributed by atoms with Crippen molar-refractivity contribution in [1.29, 1.82) is 0 Å². The number of morpholine rings is 1. The van der Waals surface area contributed by atoms with Gasteiger partial charge in [0.1, 0.15) is 19.6 Å². The molecule has 0 spiro atoms. The van der Waals surface area contributed by atoms with E-state index in [1.165, 1.54) is 4.90 Å². The van der Waals surface area contributed by atoms with Crippen molar-refractivity contribution in [2.75, 3.05) is 113 Å². The summed E-state index contributed by atoms with van der Waals surface area (Å²) in [5, 5.41) is 0. The van der Waals surface area contributed by atoms with Crippen molar-refractivity contribution >= 4 is 0 Å². The van der Waals surface area contributed by atoms with E-state index in [1.807, 2.05) is 0 Å². The van der Waals surface area contributed by atoms with Crippen LogP contribution in [0.3, 0.4) is 0 Å². The van der Waals surface area contributed by atoms with Crippen LogP contribution in [0.1, 0.15) is 0 Å². The molecule has 1 heterocycles. The average Bonchev–Trinajstić information content (AvgIpc) is 2.70. The number of hydrogen-bond acceptors (Lipinski definition) is 8. The maximum absolute atomic E-state index is 5.87. The predicted molar refractivity (Wildman–Crippen MR) is 98.3 cm³/mol. The predicted octanol–water partition coefficient (Wildman–Crippen LogP) is -1.40. The first kappa shape index (κ1) is 24.7. The van der Waals surface area contributed by atoms with Crippen molar-refractivity contribution in [1.82, 2.24) is 0 Å². The minimum atomic E-state index is -0.407. The van der Waals surface area contributed by atoms with Gasteiger partial charge in [-0.1, -0.05) is 0 Å². The first-order chi connectivity index (χ1) is 13.4. The molecule has 0 radical (unpaired) electrons. The Balaban J connectivity index is 2.13. The summed E-state index contributed by atoms with van der Waals surface area (Å²) in [6, 6.07) is 0. The van der Waals surface area contributed by atoms with Gasteiger partial charge in [0.2, 0.25) is 0 Å². The van der Waals surface area contributed by atoms with Gasteiger partial charge in [0.05, 0.1) is 79.3 Å². The van der Waals surface area contributed by atoms with Crippen LogP contribution in [0.5, 0.6) is 0 Å². The summed E-state index contributed by atoms with van der Waals surface area (Å²) in [4.78, 5) is 1.50. The molecule has 0 aromatic rings. The molecule has 0 aromatic heterocycles. The average molecular weight is 397 g/mol. The van der Waals surface area contributed by atoms with E-state index in [2.05, 4.69) is 0 Å². The normalized spacial score (nSPS) is 16.7. The third-order valence-corrected chi connectivity index (χ3v) is 3.98. The molecule has 0 bridgehead atoms. The number of rotatable bonds is 19.